The van der Waals surface area contributed by atoms with Gasteiger partial charge in [0.05, 0.1) is 5.69 Å². The lowest BCUT2D eigenvalue weighted by Crippen LogP contribution is -2.39. The first-order valence-corrected chi connectivity index (χ1v) is 6.76. The highest BCUT2D eigenvalue weighted by Crippen LogP contribution is 2.25. The van der Waals surface area contributed by atoms with E-state index in [0.29, 0.717) is 0 Å². The molecule has 2 rings (SSSR count). The molecule has 1 saturated carbocycles. The molecule has 1 aromatic rings. The van der Waals surface area contributed by atoms with Crippen molar-refractivity contribution in [3.63, 3.8) is 0 Å². The van der Waals surface area contributed by atoms with Crippen molar-refractivity contribution in [1.82, 2.24) is 5.32 Å². The third-order valence-electron chi connectivity index (χ3n) is 3.29. The van der Waals surface area contributed by atoms with Gasteiger partial charge < -0.3 is 15.4 Å². The molecule has 4 nitrogen and oxygen atoms in total. The number of hydrogen-bond donors (Lipinski definition) is 2. The van der Waals surface area contributed by atoms with Gasteiger partial charge in [-0.2, -0.15) is 8.78 Å². The smallest absolute Gasteiger partial charge is 0.387 e. The molecule has 0 unspecified atom stereocenters. The number of benzene rings is 1. The van der Waals surface area contributed by atoms with Gasteiger partial charge in [0.1, 0.15) is 5.75 Å². The largest absolute Gasteiger partial charge is 0.433 e. The van der Waals surface area contributed by atoms with Crippen LogP contribution < -0.4 is 15.4 Å². The fourth-order valence-corrected chi connectivity index (χ4v) is 2.36. The lowest BCUT2D eigenvalue weighted by Gasteiger charge is -2.23. The molecule has 1 aliphatic rings. The molecule has 0 atom stereocenters. The summed E-state index contributed by atoms with van der Waals surface area (Å²) in [5.41, 5.74) is 0.237. The Labute approximate surface area is 116 Å². The molecular weight excluding hydrogens is 266 g/mol. The molecule has 2 amide bonds. The molecule has 0 bridgehead atoms. The van der Waals surface area contributed by atoms with Gasteiger partial charge in [-0.15, -0.1) is 0 Å². The number of urea groups is 1. The van der Waals surface area contributed by atoms with Gasteiger partial charge in [0, 0.05) is 6.04 Å². The predicted molar refractivity (Wildman–Crippen MR) is 72.1 cm³/mol. The first-order chi connectivity index (χ1) is 9.65. The zero-order valence-corrected chi connectivity index (χ0v) is 11.1. The maximum atomic E-state index is 12.3. The van der Waals surface area contributed by atoms with Gasteiger partial charge in [0.2, 0.25) is 0 Å². The number of rotatable bonds is 4. The summed E-state index contributed by atoms with van der Waals surface area (Å²) >= 11 is 0. The van der Waals surface area contributed by atoms with Gasteiger partial charge in [-0.3, -0.25) is 0 Å². The van der Waals surface area contributed by atoms with Crippen LogP contribution in [0.1, 0.15) is 32.1 Å². The van der Waals surface area contributed by atoms with Crippen LogP contribution in [0.2, 0.25) is 0 Å². The number of amides is 2. The number of nitrogens with one attached hydrogen (secondary N) is 2. The molecule has 0 aliphatic heterocycles. The van der Waals surface area contributed by atoms with Crippen molar-refractivity contribution >= 4 is 11.7 Å². The van der Waals surface area contributed by atoms with Crippen molar-refractivity contribution in [2.45, 2.75) is 44.8 Å². The van der Waals surface area contributed by atoms with Gasteiger partial charge in [0.15, 0.2) is 0 Å². The summed E-state index contributed by atoms with van der Waals surface area (Å²) in [7, 11) is 0. The Bertz CT molecular complexity index is 449. The van der Waals surface area contributed by atoms with Crippen molar-refractivity contribution < 1.29 is 18.3 Å². The minimum Gasteiger partial charge on any atom is -0.433 e. The molecule has 2 N–H and O–H groups in total. The van der Waals surface area contributed by atoms with Crippen LogP contribution in [0.3, 0.4) is 0 Å². The standard InChI is InChI=1S/C14H18F2N2O2/c15-13(16)20-12-9-5-4-8-11(12)18-14(19)17-10-6-2-1-3-7-10/h4-5,8-10,13H,1-3,6-7H2,(H2,17,18,19). The summed E-state index contributed by atoms with van der Waals surface area (Å²) in [6.07, 6.45) is 5.34. The molecule has 0 aromatic heterocycles. The number of hydrogen-bond acceptors (Lipinski definition) is 2. The number of carbonyl (C=O) groups excluding carboxylic acids is 1. The van der Waals surface area contributed by atoms with E-state index in [0.717, 1.165) is 25.7 Å². The van der Waals surface area contributed by atoms with Crippen molar-refractivity contribution in [3.8, 4) is 5.75 Å². The lowest BCUT2D eigenvalue weighted by molar-refractivity contribution is -0.0493. The van der Waals surface area contributed by atoms with Crippen molar-refractivity contribution in [1.29, 1.82) is 0 Å². The van der Waals surface area contributed by atoms with Crippen LogP contribution in [0, 0.1) is 0 Å². The zero-order chi connectivity index (χ0) is 14.4. The molecule has 20 heavy (non-hydrogen) atoms. The first kappa shape index (κ1) is 14.6. The lowest BCUT2D eigenvalue weighted by atomic mass is 9.96. The molecule has 0 spiro atoms. The molecule has 1 fully saturated rings. The topological polar surface area (TPSA) is 50.4 Å². The number of ether oxygens (including phenoxy) is 1. The van der Waals surface area contributed by atoms with Gasteiger partial charge in [-0.05, 0) is 25.0 Å². The average Bonchev–Trinajstić information content (AvgIpc) is 2.41. The zero-order valence-electron chi connectivity index (χ0n) is 11.1. The maximum absolute atomic E-state index is 12.3. The summed E-state index contributed by atoms with van der Waals surface area (Å²) in [6, 6.07) is 5.91. The Morgan fingerprint density at radius 1 is 1.20 bits per heavy atom. The van der Waals surface area contributed by atoms with E-state index >= 15 is 0 Å². The average molecular weight is 284 g/mol. The van der Waals surface area contributed by atoms with E-state index in [9.17, 15) is 13.6 Å². The van der Waals surface area contributed by atoms with Gasteiger partial charge in [0.25, 0.3) is 0 Å². The highest BCUT2D eigenvalue weighted by Gasteiger charge is 2.17. The van der Waals surface area contributed by atoms with E-state index in [2.05, 4.69) is 15.4 Å². The van der Waals surface area contributed by atoms with Gasteiger partial charge in [-0.1, -0.05) is 31.4 Å². The molecule has 1 aromatic carbocycles. The summed E-state index contributed by atoms with van der Waals surface area (Å²) in [6.45, 7) is -2.92. The Balaban J connectivity index is 1.93. The summed E-state index contributed by atoms with van der Waals surface area (Å²) in [5, 5.41) is 5.41. The SMILES string of the molecule is O=C(Nc1ccccc1OC(F)F)NC1CCCCC1. The van der Waals surface area contributed by atoms with Crippen LogP contribution in [0.15, 0.2) is 24.3 Å². The number of alkyl halides is 2. The molecular formula is C14H18F2N2O2. The quantitative estimate of drug-likeness (QED) is 0.884. The van der Waals surface area contributed by atoms with E-state index in [1.165, 1.54) is 18.6 Å². The molecule has 6 heteroatoms. The molecule has 0 heterocycles. The predicted octanol–water partition coefficient (Wildman–Crippen LogP) is 3.74. The van der Waals surface area contributed by atoms with Crippen LogP contribution >= 0.6 is 0 Å². The fourth-order valence-electron chi connectivity index (χ4n) is 2.36. The monoisotopic (exact) mass is 284 g/mol. The van der Waals surface area contributed by atoms with Gasteiger partial charge >= 0.3 is 12.6 Å². The maximum Gasteiger partial charge on any atom is 0.387 e. The Morgan fingerprint density at radius 3 is 2.60 bits per heavy atom. The summed E-state index contributed by atoms with van der Waals surface area (Å²) in [5.74, 6) is -0.0405. The van der Waals surface area contributed by atoms with Crippen molar-refractivity contribution in [3.05, 3.63) is 24.3 Å². The third-order valence-corrected chi connectivity index (χ3v) is 3.29. The molecule has 0 saturated heterocycles. The fraction of sp³-hybridized carbons (Fsp3) is 0.500. The third kappa shape index (κ3) is 4.36. The molecule has 0 radical (unpaired) electrons. The van der Waals surface area contributed by atoms with E-state index < -0.39 is 6.61 Å². The first-order valence-electron chi connectivity index (χ1n) is 6.76. The van der Waals surface area contributed by atoms with E-state index in [1.807, 2.05) is 0 Å². The normalized spacial score (nSPS) is 15.9. The van der Waals surface area contributed by atoms with E-state index in [1.54, 1.807) is 12.1 Å². The second-order valence-corrected chi connectivity index (χ2v) is 4.81. The Hall–Kier alpha value is -1.85. The summed E-state index contributed by atoms with van der Waals surface area (Å²) in [4.78, 5) is 11.9. The highest BCUT2D eigenvalue weighted by atomic mass is 19.3. The van der Waals surface area contributed by atoms with E-state index in [4.69, 9.17) is 0 Å². The number of carbonyl (C=O) groups is 1. The molecule has 110 valence electrons. The van der Waals surface area contributed by atoms with Crippen LogP contribution in [-0.4, -0.2) is 18.7 Å². The molecule has 1 aliphatic carbocycles. The number of anilines is 1. The van der Waals surface area contributed by atoms with E-state index in [-0.39, 0.29) is 23.5 Å². The summed E-state index contributed by atoms with van der Waals surface area (Å²) < 4.78 is 28.9. The highest BCUT2D eigenvalue weighted by molar-refractivity contribution is 5.91. The second-order valence-electron chi connectivity index (χ2n) is 4.81. The number of para-hydroxylation sites is 2. The van der Waals surface area contributed by atoms with Crippen molar-refractivity contribution in [2.24, 2.45) is 0 Å². The second kappa shape index (κ2) is 7.07. The van der Waals surface area contributed by atoms with Gasteiger partial charge in [-0.25, -0.2) is 4.79 Å². The Kier molecular flexibility index (Phi) is 5.15. The van der Waals surface area contributed by atoms with Crippen LogP contribution in [0.4, 0.5) is 19.3 Å². The Morgan fingerprint density at radius 2 is 1.90 bits per heavy atom. The minimum absolute atomic E-state index is 0.0405. The van der Waals surface area contributed by atoms with Crippen molar-refractivity contribution in [2.75, 3.05) is 5.32 Å². The number of halogens is 2. The van der Waals surface area contributed by atoms with Crippen LogP contribution in [0.25, 0.3) is 0 Å². The van der Waals surface area contributed by atoms with Crippen LogP contribution in [-0.2, 0) is 0 Å². The minimum atomic E-state index is -2.92. The van der Waals surface area contributed by atoms with Crippen LogP contribution in [0.5, 0.6) is 5.75 Å².